The molecule has 26 heavy (non-hydrogen) atoms. The van der Waals surface area contributed by atoms with Crippen molar-refractivity contribution in [3.05, 3.63) is 33.9 Å². The number of aryl methyl sites for hydroxylation is 1. The van der Waals surface area contributed by atoms with Crippen molar-refractivity contribution in [1.29, 1.82) is 0 Å². The fourth-order valence-electron chi connectivity index (χ4n) is 2.38. The molecule has 2 N–H and O–H groups in total. The average Bonchev–Trinajstić information content (AvgIpc) is 2.58. The molecule has 0 radical (unpaired) electrons. The molecule has 0 aliphatic carbocycles. The highest BCUT2D eigenvalue weighted by molar-refractivity contribution is 8.00. The Kier molecular flexibility index (Phi) is 6.56. The Hall–Kier alpha value is -2.62. The Morgan fingerprint density at radius 2 is 2.19 bits per heavy atom. The van der Waals surface area contributed by atoms with Crippen LogP contribution in [0.3, 0.4) is 0 Å². The van der Waals surface area contributed by atoms with Crippen LogP contribution in [0.2, 0.25) is 0 Å². The molecule has 10 heteroatoms. The van der Waals surface area contributed by atoms with E-state index < -0.39 is 34.0 Å². The van der Waals surface area contributed by atoms with Gasteiger partial charge < -0.3 is 15.4 Å². The summed E-state index contributed by atoms with van der Waals surface area (Å²) >= 11 is 1.20. The van der Waals surface area contributed by atoms with E-state index in [0.717, 1.165) is 0 Å². The lowest BCUT2D eigenvalue weighted by Gasteiger charge is -2.27. The van der Waals surface area contributed by atoms with Crippen molar-refractivity contribution in [1.82, 2.24) is 5.32 Å². The van der Waals surface area contributed by atoms with Crippen LogP contribution in [0, 0.1) is 17.0 Å². The summed E-state index contributed by atoms with van der Waals surface area (Å²) in [5.74, 6) is -1.03. The summed E-state index contributed by atoms with van der Waals surface area (Å²) in [5, 5.41) is 15.4. The summed E-state index contributed by atoms with van der Waals surface area (Å²) in [6.45, 7) is 3.51. The number of benzene rings is 1. The molecule has 2 rings (SSSR count). The first-order valence-corrected chi connectivity index (χ1v) is 9.00. The Morgan fingerprint density at radius 1 is 1.46 bits per heavy atom. The molecule has 1 heterocycles. The topological polar surface area (TPSA) is 128 Å². The van der Waals surface area contributed by atoms with Crippen LogP contribution in [-0.4, -0.2) is 46.4 Å². The number of amides is 2. The van der Waals surface area contributed by atoms with E-state index in [9.17, 15) is 24.5 Å². The lowest BCUT2D eigenvalue weighted by Crippen LogP contribution is -2.51. The number of thioether (sulfide) groups is 1. The van der Waals surface area contributed by atoms with Gasteiger partial charge in [0.05, 0.1) is 16.8 Å². The second kappa shape index (κ2) is 8.65. The van der Waals surface area contributed by atoms with E-state index in [1.807, 2.05) is 0 Å². The second-order valence-corrected chi connectivity index (χ2v) is 6.88. The maximum atomic E-state index is 12.1. The van der Waals surface area contributed by atoms with Gasteiger partial charge in [-0.1, -0.05) is 6.07 Å². The number of carbonyl (C=O) groups excluding carboxylic acids is 3. The third-order valence-corrected chi connectivity index (χ3v) is 5.01. The first kappa shape index (κ1) is 19.7. The van der Waals surface area contributed by atoms with Crippen LogP contribution in [0.5, 0.6) is 0 Å². The van der Waals surface area contributed by atoms with Crippen LogP contribution >= 0.6 is 11.8 Å². The van der Waals surface area contributed by atoms with E-state index in [1.54, 1.807) is 26.0 Å². The van der Waals surface area contributed by atoms with E-state index >= 15 is 0 Å². The first-order chi connectivity index (χ1) is 12.3. The Morgan fingerprint density at radius 3 is 2.81 bits per heavy atom. The molecule has 1 aromatic rings. The van der Waals surface area contributed by atoms with Crippen molar-refractivity contribution in [2.45, 2.75) is 31.6 Å². The summed E-state index contributed by atoms with van der Waals surface area (Å²) in [6.07, 6.45) is -0.103. The molecule has 1 aliphatic rings. The number of esters is 1. The Bertz CT molecular complexity index is 739. The third-order valence-electron chi connectivity index (χ3n) is 3.70. The van der Waals surface area contributed by atoms with Crippen LogP contribution in [0.25, 0.3) is 0 Å². The van der Waals surface area contributed by atoms with Gasteiger partial charge in [0.25, 0.3) is 5.69 Å². The van der Waals surface area contributed by atoms with Crippen molar-refractivity contribution in [2.75, 3.05) is 17.7 Å². The van der Waals surface area contributed by atoms with Gasteiger partial charge >= 0.3 is 5.97 Å². The van der Waals surface area contributed by atoms with Gasteiger partial charge in [-0.3, -0.25) is 19.7 Å². The highest BCUT2D eigenvalue weighted by Gasteiger charge is 2.34. The summed E-state index contributed by atoms with van der Waals surface area (Å²) in [6, 6.07) is 3.66. The standard InChI is InChI=1S/C16H19N3O6S/c1-3-25-16(22)11-8-26-13(15(21)18-11)7-14(20)17-10-5-4-9(2)12(6-10)19(23)24/h4-6,11,13H,3,7-8H2,1-2H3,(H,17,20)(H,18,21)/t11-,13+/m1/s1. The van der Waals surface area contributed by atoms with E-state index in [2.05, 4.69) is 10.6 Å². The molecule has 1 saturated heterocycles. The minimum atomic E-state index is -0.716. The van der Waals surface area contributed by atoms with E-state index in [0.29, 0.717) is 11.3 Å². The molecule has 0 unspecified atom stereocenters. The van der Waals surface area contributed by atoms with Crippen LogP contribution in [0.1, 0.15) is 18.9 Å². The zero-order valence-corrected chi connectivity index (χ0v) is 15.1. The average molecular weight is 381 g/mol. The van der Waals surface area contributed by atoms with Gasteiger partial charge in [-0.2, -0.15) is 0 Å². The van der Waals surface area contributed by atoms with Crippen molar-refractivity contribution >= 4 is 40.9 Å². The Balaban J connectivity index is 1.93. The fourth-order valence-corrected chi connectivity index (χ4v) is 3.51. The molecule has 1 aliphatic heterocycles. The van der Waals surface area contributed by atoms with Crippen LogP contribution in [0.15, 0.2) is 18.2 Å². The molecule has 1 fully saturated rings. The number of hydrogen-bond acceptors (Lipinski definition) is 7. The predicted molar refractivity (Wildman–Crippen MR) is 95.9 cm³/mol. The highest BCUT2D eigenvalue weighted by Crippen LogP contribution is 2.24. The lowest BCUT2D eigenvalue weighted by atomic mass is 10.1. The molecule has 2 amide bonds. The highest BCUT2D eigenvalue weighted by atomic mass is 32.2. The van der Waals surface area contributed by atoms with Gasteiger partial charge in [0, 0.05) is 29.5 Å². The number of nitro groups is 1. The fraction of sp³-hybridized carbons (Fsp3) is 0.438. The first-order valence-electron chi connectivity index (χ1n) is 7.95. The molecule has 140 valence electrons. The smallest absolute Gasteiger partial charge is 0.329 e. The summed E-state index contributed by atoms with van der Waals surface area (Å²) in [4.78, 5) is 46.3. The van der Waals surface area contributed by atoms with Crippen molar-refractivity contribution in [2.24, 2.45) is 0 Å². The Labute approximate surface area is 154 Å². The molecule has 9 nitrogen and oxygen atoms in total. The van der Waals surface area contributed by atoms with Gasteiger partial charge in [-0.25, -0.2) is 4.79 Å². The third kappa shape index (κ3) is 4.94. The van der Waals surface area contributed by atoms with Crippen LogP contribution in [-0.2, 0) is 19.1 Å². The van der Waals surface area contributed by atoms with Gasteiger partial charge in [-0.15, -0.1) is 11.8 Å². The monoisotopic (exact) mass is 381 g/mol. The molecule has 0 aromatic heterocycles. The maximum absolute atomic E-state index is 12.1. The summed E-state index contributed by atoms with van der Waals surface area (Å²) < 4.78 is 4.86. The zero-order chi connectivity index (χ0) is 19.3. The normalized spacial score (nSPS) is 19.4. The summed E-state index contributed by atoms with van der Waals surface area (Å²) in [5.41, 5.74) is 0.683. The number of rotatable bonds is 6. The number of nitro benzene ring substituents is 1. The number of carbonyl (C=O) groups is 3. The summed E-state index contributed by atoms with van der Waals surface area (Å²) in [7, 11) is 0. The predicted octanol–water partition coefficient (Wildman–Crippen LogP) is 1.40. The quantitative estimate of drug-likeness (QED) is 0.433. The number of hydrogen-bond donors (Lipinski definition) is 2. The number of nitrogens with zero attached hydrogens (tertiary/aromatic N) is 1. The van der Waals surface area contributed by atoms with Crippen molar-refractivity contribution in [3.63, 3.8) is 0 Å². The van der Waals surface area contributed by atoms with Crippen LogP contribution in [0.4, 0.5) is 11.4 Å². The largest absolute Gasteiger partial charge is 0.464 e. The van der Waals surface area contributed by atoms with Gasteiger partial charge in [0.1, 0.15) is 6.04 Å². The molecule has 0 spiro atoms. The van der Waals surface area contributed by atoms with Gasteiger partial charge in [-0.05, 0) is 19.9 Å². The zero-order valence-electron chi connectivity index (χ0n) is 14.3. The number of anilines is 1. The van der Waals surface area contributed by atoms with E-state index in [-0.39, 0.29) is 24.4 Å². The van der Waals surface area contributed by atoms with E-state index in [1.165, 1.54) is 17.8 Å². The molecule has 2 atom stereocenters. The number of ether oxygens (including phenoxy) is 1. The minimum Gasteiger partial charge on any atom is -0.464 e. The maximum Gasteiger partial charge on any atom is 0.329 e. The van der Waals surface area contributed by atoms with Crippen molar-refractivity contribution in [3.8, 4) is 0 Å². The SMILES string of the molecule is CCOC(=O)[C@H]1CS[C@@H](CC(=O)Nc2ccc(C)c([N+](=O)[O-])c2)C(=O)N1. The van der Waals surface area contributed by atoms with Crippen LogP contribution < -0.4 is 10.6 Å². The minimum absolute atomic E-state index is 0.0927. The lowest BCUT2D eigenvalue weighted by molar-refractivity contribution is -0.385. The molecule has 1 aromatic carbocycles. The second-order valence-electron chi connectivity index (χ2n) is 5.65. The van der Waals surface area contributed by atoms with Crippen molar-refractivity contribution < 1.29 is 24.0 Å². The van der Waals surface area contributed by atoms with Gasteiger partial charge in [0.15, 0.2) is 0 Å². The number of nitrogens with one attached hydrogen (secondary N) is 2. The molecule has 0 saturated carbocycles. The molecular formula is C16H19N3O6S. The van der Waals surface area contributed by atoms with E-state index in [4.69, 9.17) is 4.74 Å². The molecular weight excluding hydrogens is 362 g/mol. The molecule has 0 bridgehead atoms. The van der Waals surface area contributed by atoms with Gasteiger partial charge in [0.2, 0.25) is 11.8 Å².